The molecular weight excluding hydrogens is 384 g/mol. The second-order valence-electron chi connectivity index (χ2n) is 5.88. The van der Waals surface area contributed by atoms with Gasteiger partial charge in [0.2, 0.25) is 0 Å². The summed E-state index contributed by atoms with van der Waals surface area (Å²) in [5, 5.41) is 3.92. The van der Waals surface area contributed by atoms with E-state index in [-0.39, 0.29) is 0 Å². The molecular formula is C20H17ClN2O3S. The highest BCUT2D eigenvalue weighted by Gasteiger charge is 2.17. The lowest BCUT2D eigenvalue weighted by atomic mass is 10.2. The number of nitrogens with zero attached hydrogens (tertiary/aromatic N) is 1. The van der Waals surface area contributed by atoms with Gasteiger partial charge < -0.3 is 10.1 Å². The third-order valence-corrected chi connectivity index (χ3v) is 5.03. The van der Waals surface area contributed by atoms with E-state index in [9.17, 15) is 9.59 Å². The molecule has 0 saturated heterocycles. The SMILES string of the molecule is Cc1ccc(Cl)cc1NC(=O)[C@H](C)OC(=O)/C=C/c1nc2ccccc2s1. The van der Waals surface area contributed by atoms with Crippen LogP contribution in [-0.4, -0.2) is 23.0 Å². The van der Waals surface area contributed by atoms with E-state index in [0.717, 1.165) is 15.8 Å². The molecule has 1 amide bonds. The molecule has 0 aliphatic rings. The van der Waals surface area contributed by atoms with Crippen LogP contribution in [0.25, 0.3) is 16.3 Å². The number of benzene rings is 2. The zero-order chi connectivity index (χ0) is 19.4. The number of aryl methyl sites for hydroxylation is 1. The summed E-state index contributed by atoms with van der Waals surface area (Å²) in [4.78, 5) is 28.6. The Labute approximate surface area is 165 Å². The van der Waals surface area contributed by atoms with E-state index in [4.69, 9.17) is 16.3 Å². The van der Waals surface area contributed by atoms with E-state index in [1.807, 2.05) is 31.2 Å². The maximum atomic E-state index is 12.2. The Bertz CT molecular complexity index is 996. The lowest BCUT2D eigenvalue weighted by molar-refractivity contribution is -0.148. The minimum Gasteiger partial charge on any atom is -0.449 e. The van der Waals surface area contributed by atoms with Gasteiger partial charge in [-0.25, -0.2) is 9.78 Å². The second kappa shape index (κ2) is 8.33. The molecule has 7 heteroatoms. The highest BCUT2D eigenvalue weighted by Crippen LogP contribution is 2.22. The van der Waals surface area contributed by atoms with E-state index < -0.39 is 18.0 Å². The fraction of sp³-hybridized carbons (Fsp3) is 0.150. The smallest absolute Gasteiger partial charge is 0.331 e. The highest BCUT2D eigenvalue weighted by atomic mass is 35.5. The minimum atomic E-state index is -0.948. The summed E-state index contributed by atoms with van der Waals surface area (Å²) < 4.78 is 6.19. The molecule has 0 radical (unpaired) electrons. The predicted octanol–water partition coefficient (Wildman–Crippen LogP) is 4.84. The molecule has 27 heavy (non-hydrogen) atoms. The molecule has 138 valence electrons. The van der Waals surface area contributed by atoms with Crippen molar-refractivity contribution in [3.8, 4) is 0 Å². The third-order valence-electron chi connectivity index (χ3n) is 3.79. The maximum absolute atomic E-state index is 12.2. The Morgan fingerprint density at radius 1 is 1.26 bits per heavy atom. The fourth-order valence-corrected chi connectivity index (χ4v) is 3.37. The van der Waals surface area contributed by atoms with Crippen LogP contribution in [0.4, 0.5) is 5.69 Å². The van der Waals surface area contributed by atoms with Gasteiger partial charge in [0.1, 0.15) is 5.01 Å². The Kier molecular flexibility index (Phi) is 5.88. The van der Waals surface area contributed by atoms with Crippen molar-refractivity contribution < 1.29 is 14.3 Å². The number of fused-ring (bicyclic) bond motifs is 1. The number of carbonyl (C=O) groups is 2. The largest absolute Gasteiger partial charge is 0.449 e. The molecule has 2 aromatic carbocycles. The van der Waals surface area contributed by atoms with Crippen LogP contribution in [0, 0.1) is 6.92 Å². The highest BCUT2D eigenvalue weighted by molar-refractivity contribution is 7.19. The van der Waals surface area contributed by atoms with Crippen molar-refractivity contribution >= 4 is 56.8 Å². The molecule has 1 aromatic heterocycles. The van der Waals surface area contributed by atoms with Gasteiger partial charge in [0, 0.05) is 16.8 Å². The summed E-state index contributed by atoms with van der Waals surface area (Å²) in [6.07, 6.45) is 1.90. The summed E-state index contributed by atoms with van der Waals surface area (Å²) in [6.45, 7) is 3.36. The van der Waals surface area contributed by atoms with Gasteiger partial charge in [0.15, 0.2) is 6.10 Å². The number of esters is 1. The number of ether oxygens (including phenoxy) is 1. The van der Waals surface area contributed by atoms with Crippen molar-refractivity contribution in [2.45, 2.75) is 20.0 Å². The number of hydrogen-bond acceptors (Lipinski definition) is 5. The molecule has 3 aromatic rings. The summed E-state index contributed by atoms with van der Waals surface area (Å²) in [6, 6.07) is 12.9. The van der Waals surface area contributed by atoms with Crippen LogP contribution >= 0.6 is 22.9 Å². The first kappa shape index (κ1) is 19.1. The lowest BCUT2D eigenvalue weighted by Gasteiger charge is -2.14. The molecule has 0 fully saturated rings. The van der Waals surface area contributed by atoms with Crippen LogP contribution in [0.5, 0.6) is 0 Å². The first-order valence-corrected chi connectivity index (χ1v) is 9.43. The zero-order valence-corrected chi connectivity index (χ0v) is 16.3. The van der Waals surface area contributed by atoms with Gasteiger partial charge in [-0.2, -0.15) is 0 Å². The summed E-state index contributed by atoms with van der Waals surface area (Å²) in [5.74, 6) is -1.04. The third kappa shape index (κ3) is 4.93. The van der Waals surface area contributed by atoms with Crippen molar-refractivity contribution in [3.63, 3.8) is 0 Å². The molecule has 0 aliphatic heterocycles. The molecule has 0 bridgehead atoms. The number of para-hydroxylation sites is 1. The standard InChI is InChI=1S/C20H17ClN2O3S/c1-12-7-8-14(21)11-16(12)23-20(25)13(2)26-19(24)10-9-18-22-15-5-3-4-6-17(15)27-18/h3-11,13H,1-2H3,(H,23,25)/b10-9+/t13-/m0/s1. The average Bonchev–Trinajstić information content (AvgIpc) is 3.06. The number of rotatable bonds is 5. The quantitative estimate of drug-likeness (QED) is 0.491. The van der Waals surface area contributed by atoms with Gasteiger partial charge in [-0.1, -0.05) is 29.8 Å². The Balaban J connectivity index is 1.59. The molecule has 0 spiro atoms. The fourth-order valence-electron chi connectivity index (χ4n) is 2.33. The van der Waals surface area contributed by atoms with E-state index in [0.29, 0.717) is 15.7 Å². The van der Waals surface area contributed by atoms with Crippen LogP contribution in [-0.2, 0) is 14.3 Å². The average molecular weight is 401 g/mol. The van der Waals surface area contributed by atoms with Crippen LogP contribution < -0.4 is 5.32 Å². The molecule has 3 rings (SSSR count). The van der Waals surface area contributed by atoms with Crippen molar-refractivity contribution in [2.24, 2.45) is 0 Å². The van der Waals surface area contributed by atoms with Crippen LogP contribution in [0.15, 0.2) is 48.5 Å². The van der Waals surface area contributed by atoms with E-state index in [2.05, 4.69) is 10.3 Å². The number of thiazole rings is 1. The van der Waals surface area contributed by atoms with Crippen LogP contribution in [0.2, 0.25) is 5.02 Å². The van der Waals surface area contributed by atoms with Gasteiger partial charge >= 0.3 is 5.97 Å². The molecule has 1 atom stereocenters. The van der Waals surface area contributed by atoms with Crippen LogP contribution in [0.3, 0.4) is 0 Å². The van der Waals surface area contributed by atoms with Crippen molar-refractivity contribution in [2.75, 3.05) is 5.32 Å². The molecule has 0 unspecified atom stereocenters. The Morgan fingerprint density at radius 3 is 2.81 bits per heavy atom. The van der Waals surface area contributed by atoms with Gasteiger partial charge in [-0.05, 0) is 49.8 Å². The normalized spacial score (nSPS) is 12.3. The number of nitrogens with one attached hydrogen (secondary N) is 1. The Hall–Kier alpha value is -2.70. The van der Waals surface area contributed by atoms with Crippen molar-refractivity contribution in [1.82, 2.24) is 4.98 Å². The van der Waals surface area contributed by atoms with Crippen molar-refractivity contribution in [3.05, 3.63) is 64.1 Å². The van der Waals surface area contributed by atoms with Gasteiger partial charge in [0.05, 0.1) is 10.2 Å². The van der Waals surface area contributed by atoms with E-state index in [1.54, 1.807) is 24.3 Å². The minimum absolute atomic E-state index is 0.429. The summed E-state index contributed by atoms with van der Waals surface area (Å²) >= 11 is 7.41. The number of hydrogen-bond donors (Lipinski definition) is 1. The van der Waals surface area contributed by atoms with Crippen molar-refractivity contribution in [1.29, 1.82) is 0 Å². The number of anilines is 1. The number of aromatic nitrogens is 1. The molecule has 1 heterocycles. The van der Waals surface area contributed by atoms with Gasteiger partial charge in [0.25, 0.3) is 5.91 Å². The lowest BCUT2D eigenvalue weighted by Crippen LogP contribution is -2.29. The molecule has 1 N–H and O–H groups in total. The molecule has 0 saturated carbocycles. The first-order valence-electron chi connectivity index (χ1n) is 8.23. The zero-order valence-electron chi connectivity index (χ0n) is 14.7. The summed E-state index contributed by atoms with van der Waals surface area (Å²) in [5.41, 5.74) is 2.32. The number of halogens is 1. The first-order chi connectivity index (χ1) is 12.9. The maximum Gasteiger partial charge on any atom is 0.331 e. The Morgan fingerprint density at radius 2 is 2.04 bits per heavy atom. The predicted molar refractivity (Wildman–Crippen MR) is 109 cm³/mol. The van der Waals surface area contributed by atoms with Gasteiger partial charge in [-0.15, -0.1) is 11.3 Å². The molecule has 5 nitrogen and oxygen atoms in total. The number of amides is 1. The summed E-state index contributed by atoms with van der Waals surface area (Å²) in [7, 11) is 0. The van der Waals surface area contributed by atoms with E-state index in [1.165, 1.54) is 24.3 Å². The monoisotopic (exact) mass is 400 g/mol. The molecule has 0 aliphatic carbocycles. The number of carbonyl (C=O) groups excluding carboxylic acids is 2. The van der Waals surface area contributed by atoms with Crippen LogP contribution in [0.1, 0.15) is 17.5 Å². The van der Waals surface area contributed by atoms with Gasteiger partial charge in [-0.3, -0.25) is 4.79 Å². The topological polar surface area (TPSA) is 68.3 Å². The second-order valence-corrected chi connectivity index (χ2v) is 7.38. The van der Waals surface area contributed by atoms with E-state index >= 15 is 0 Å².